The fourth-order valence-electron chi connectivity index (χ4n) is 0.518. The smallest absolute Gasteiger partial charge is 0.393 e. The average Bonchev–Trinajstić information content (AvgIpc) is 1.96. The minimum atomic E-state index is -4.67. The van der Waals surface area contributed by atoms with E-state index >= 15 is 0 Å². The molecule has 9 N–H and O–H groups in total. The van der Waals surface area contributed by atoms with E-state index in [0.29, 0.717) is 0 Å². The van der Waals surface area contributed by atoms with Crippen LogP contribution in [0.1, 0.15) is 0 Å². The summed E-state index contributed by atoms with van der Waals surface area (Å²) in [5, 5.41) is 0. The van der Waals surface area contributed by atoms with E-state index in [9.17, 15) is 4.79 Å². The quantitative estimate of drug-likeness (QED) is 0.273. The number of nitrogens with zero attached hydrogens (tertiary/aromatic N) is 1. The van der Waals surface area contributed by atoms with E-state index in [2.05, 4.69) is 9.97 Å². The summed E-state index contributed by atoms with van der Waals surface area (Å²) in [5.41, 5.74) is 15.2. The van der Waals surface area contributed by atoms with E-state index in [1.165, 1.54) is 0 Å². The number of nitrogen functional groups attached to an aromatic ring is 3. The second kappa shape index (κ2) is 4.59. The normalized spacial score (nSPS) is 10.3. The Bertz CT molecular complexity index is 458. The number of hydrogen-bond acceptors (Lipinski definition) is 7. The summed E-state index contributed by atoms with van der Waals surface area (Å²) in [6.07, 6.45) is 0. The van der Waals surface area contributed by atoms with Crippen molar-refractivity contribution in [3.63, 3.8) is 0 Å². The number of aromatic nitrogens is 2. The summed E-state index contributed by atoms with van der Waals surface area (Å²) in [6.45, 7) is 0. The monoisotopic (exact) mass is 239 g/mol. The first kappa shape index (κ1) is 13.2. The van der Waals surface area contributed by atoms with Gasteiger partial charge in [0.2, 0.25) is 0 Å². The Labute approximate surface area is 83.7 Å². The molecule has 11 heteroatoms. The van der Waals surface area contributed by atoms with Crippen molar-refractivity contribution in [2.75, 3.05) is 17.2 Å². The van der Waals surface area contributed by atoms with Crippen molar-refractivity contribution < 1.29 is 17.5 Å². The van der Waals surface area contributed by atoms with Crippen molar-refractivity contribution in [3.8, 4) is 0 Å². The topological polar surface area (TPSA) is 198 Å². The van der Waals surface area contributed by atoms with Crippen LogP contribution in [0.5, 0.6) is 0 Å². The highest BCUT2D eigenvalue weighted by atomic mass is 32.3. The SMILES string of the molecule is Nc1nc(=O)[nH]c(N)c1N.O=S(=O)(O)O. The molecule has 0 saturated heterocycles. The zero-order chi connectivity index (χ0) is 12.2. The molecule has 0 amide bonds. The number of hydrogen-bond donors (Lipinski definition) is 6. The summed E-state index contributed by atoms with van der Waals surface area (Å²) >= 11 is 0. The van der Waals surface area contributed by atoms with Crippen molar-refractivity contribution in [1.29, 1.82) is 0 Å². The molecular formula is C4H9N5O5S. The molecule has 1 aromatic rings. The summed E-state index contributed by atoms with van der Waals surface area (Å²) < 4.78 is 31.6. The van der Waals surface area contributed by atoms with Gasteiger partial charge in [-0.1, -0.05) is 0 Å². The molecule has 0 atom stereocenters. The van der Waals surface area contributed by atoms with E-state index in [-0.39, 0.29) is 17.3 Å². The number of anilines is 3. The van der Waals surface area contributed by atoms with Gasteiger partial charge in [0.05, 0.1) is 0 Å². The molecular weight excluding hydrogens is 230 g/mol. The van der Waals surface area contributed by atoms with E-state index in [0.717, 1.165) is 0 Å². The Balaban J connectivity index is 0.000000336. The van der Waals surface area contributed by atoms with E-state index in [1.54, 1.807) is 0 Å². The van der Waals surface area contributed by atoms with Gasteiger partial charge in [-0.15, -0.1) is 0 Å². The maximum absolute atomic E-state index is 10.5. The Morgan fingerprint density at radius 2 is 1.60 bits per heavy atom. The van der Waals surface area contributed by atoms with Gasteiger partial charge in [-0.3, -0.25) is 14.1 Å². The van der Waals surface area contributed by atoms with Crippen LogP contribution in [0.2, 0.25) is 0 Å². The largest absolute Gasteiger partial charge is 0.394 e. The van der Waals surface area contributed by atoms with Crippen molar-refractivity contribution in [2.45, 2.75) is 0 Å². The first-order valence-corrected chi connectivity index (χ1v) is 4.61. The third-order valence-electron chi connectivity index (χ3n) is 1.03. The Morgan fingerprint density at radius 3 is 1.93 bits per heavy atom. The summed E-state index contributed by atoms with van der Waals surface area (Å²) in [7, 11) is -4.67. The van der Waals surface area contributed by atoms with Gasteiger partial charge in [-0.05, 0) is 0 Å². The number of nitrogens with two attached hydrogens (primary N) is 3. The van der Waals surface area contributed by atoms with Crippen LogP contribution in [-0.4, -0.2) is 27.5 Å². The minimum Gasteiger partial charge on any atom is -0.393 e. The molecule has 10 nitrogen and oxygen atoms in total. The summed E-state index contributed by atoms with van der Waals surface area (Å²) in [5.74, 6) is 0.0127. The van der Waals surface area contributed by atoms with Gasteiger partial charge in [0.15, 0.2) is 5.82 Å². The van der Waals surface area contributed by atoms with Gasteiger partial charge in [0, 0.05) is 0 Å². The maximum atomic E-state index is 10.5. The number of nitrogens with one attached hydrogen (secondary N) is 1. The number of H-pyrrole nitrogens is 1. The first-order valence-electron chi connectivity index (χ1n) is 3.22. The Hall–Kier alpha value is -1.85. The lowest BCUT2D eigenvalue weighted by molar-refractivity contribution is 0.381. The molecule has 1 heterocycles. The van der Waals surface area contributed by atoms with Crippen LogP contribution in [0.25, 0.3) is 0 Å². The highest BCUT2D eigenvalue weighted by Crippen LogP contribution is 2.12. The lowest BCUT2D eigenvalue weighted by Gasteiger charge is -1.99. The highest BCUT2D eigenvalue weighted by molar-refractivity contribution is 7.79. The predicted octanol–water partition coefficient (Wildman–Crippen LogP) is -2.14. The summed E-state index contributed by atoms with van der Waals surface area (Å²) in [4.78, 5) is 16.0. The van der Waals surface area contributed by atoms with Gasteiger partial charge >= 0.3 is 16.1 Å². The first-order chi connectivity index (χ1) is 6.61. The van der Waals surface area contributed by atoms with Crippen molar-refractivity contribution >= 4 is 27.7 Å². The highest BCUT2D eigenvalue weighted by Gasteiger charge is 2.00. The van der Waals surface area contributed by atoms with Crippen LogP contribution in [0.4, 0.5) is 17.3 Å². The molecule has 0 aliphatic rings. The zero-order valence-corrected chi connectivity index (χ0v) is 8.02. The van der Waals surface area contributed by atoms with Crippen molar-refractivity contribution in [3.05, 3.63) is 10.5 Å². The lowest BCUT2D eigenvalue weighted by atomic mass is 10.4. The fourth-order valence-corrected chi connectivity index (χ4v) is 0.518. The minimum absolute atomic E-state index is 0.0405. The van der Waals surface area contributed by atoms with Gasteiger partial charge in [0.1, 0.15) is 11.5 Å². The standard InChI is InChI=1S/C4H7N5O.H2O4S/c5-1-2(6)8-4(10)9-3(1)7;1-5(2,3)4/h5H2,(H5,6,7,8,9,10);(H2,1,2,3,4). The zero-order valence-electron chi connectivity index (χ0n) is 7.21. The third kappa shape index (κ3) is 6.25. The van der Waals surface area contributed by atoms with Gasteiger partial charge in [0.25, 0.3) is 0 Å². The predicted molar refractivity (Wildman–Crippen MR) is 52.3 cm³/mol. The second-order valence-electron chi connectivity index (χ2n) is 2.20. The molecule has 0 aromatic carbocycles. The maximum Gasteiger partial charge on any atom is 0.394 e. The molecule has 0 spiro atoms. The van der Waals surface area contributed by atoms with Crippen LogP contribution in [-0.2, 0) is 10.4 Å². The summed E-state index contributed by atoms with van der Waals surface area (Å²) in [6, 6.07) is 0. The molecule has 1 aromatic heterocycles. The van der Waals surface area contributed by atoms with Gasteiger partial charge < -0.3 is 17.2 Å². The van der Waals surface area contributed by atoms with Crippen molar-refractivity contribution in [1.82, 2.24) is 9.97 Å². The van der Waals surface area contributed by atoms with Crippen LogP contribution >= 0.6 is 0 Å². The molecule has 86 valence electrons. The molecule has 0 saturated carbocycles. The lowest BCUT2D eigenvalue weighted by Crippen LogP contribution is -2.17. The second-order valence-corrected chi connectivity index (χ2v) is 3.10. The molecule has 15 heavy (non-hydrogen) atoms. The third-order valence-corrected chi connectivity index (χ3v) is 1.03. The molecule has 0 fully saturated rings. The van der Waals surface area contributed by atoms with Crippen molar-refractivity contribution in [2.24, 2.45) is 0 Å². The molecule has 1 rings (SSSR count). The molecule has 0 unspecified atom stereocenters. The number of rotatable bonds is 0. The van der Waals surface area contributed by atoms with Crippen LogP contribution in [0.15, 0.2) is 4.79 Å². The Kier molecular flexibility index (Phi) is 4.02. The molecule has 0 aliphatic heterocycles. The van der Waals surface area contributed by atoms with Crippen LogP contribution in [0.3, 0.4) is 0 Å². The number of aromatic amines is 1. The average molecular weight is 239 g/mol. The molecule has 0 radical (unpaired) electrons. The van der Waals surface area contributed by atoms with Gasteiger partial charge in [-0.25, -0.2) is 4.79 Å². The van der Waals surface area contributed by atoms with E-state index in [4.69, 9.17) is 34.7 Å². The Morgan fingerprint density at radius 1 is 1.20 bits per heavy atom. The van der Waals surface area contributed by atoms with E-state index in [1.807, 2.05) is 0 Å². The molecule has 0 aliphatic carbocycles. The fraction of sp³-hybridized carbons (Fsp3) is 0. The van der Waals surface area contributed by atoms with Crippen LogP contribution < -0.4 is 22.9 Å². The van der Waals surface area contributed by atoms with Crippen LogP contribution in [0, 0.1) is 0 Å². The van der Waals surface area contributed by atoms with E-state index < -0.39 is 16.1 Å². The molecule has 0 bridgehead atoms. The van der Waals surface area contributed by atoms with Gasteiger partial charge in [-0.2, -0.15) is 13.4 Å².